The van der Waals surface area contributed by atoms with E-state index in [2.05, 4.69) is 10.2 Å². The molecule has 80 valence electrons. The van der Waals surface area contributed by atoms with Gasteiger partial charge < -0.3 is 0 Å². The molecule has 0 fully saturated rings. The van der Waals surface area contributed by atoms with Crippen molar-refractivity contribution in [1.82, 2.24) is 9.89 Å². The van der Waals surface area contributed by atoms with E-state index in [4.69, 9.17) is 0 Å². The highest BCUT2D eigenvalue weighted by molar-refractivity contribution is 5.79. The maximum absolute atomic E-state index is 11.3. The van der Waals surface area contributed by atoms with E-state index in [1.807, 2.05) is 30.3 Å². The number of aromatic amines is 1. The highest BCUT2D eigenvalue weighted by Gasteiger charge is 1.92. The zero-order chi connectivity index (χ0) is 11.4. The molecule has 1 aromatic heterocycles. The van der Waals surface area contributed by atoms with E-state index >= 15 is 0 Å². The fourth-order valence-electron chi connectivity index (χ4n) is 1.16. The predicted octanol–water partition coefficient (Wildman–Crippen LogP) is 0.419. The van der Waals surface area contributed by atoms with Crippen LogP contribution in [-0.4, -0.2) is 16.1 Å². The van der Waals surface area contributed by atoms with Crippen LogP contribution in [0.1, 0.15) is 5.56 Å². The molecule has 1 N–H and O–H groups in total. The van der Waals surface area contributed by atoms with Gasteiger partial charge in [0.1, 0.15) is 0 Å². The number of nitrogens with zero attached hydrogens (tertiary/aromatic N) is 2. The number of aromatic nitrogens is 2. The zero-order valence-corrected chi connectivity index (χ0v) is 8.33. The number of nitrogens with one attached hydrogen (secondary N) is 1. The van der Waals surface area contributed by atoms with Gasteiger partial charge in [0.25, 0.3) is 11.1 Å². The molecule has 2 rings (SSSR count). The smallest absolute Gasteiger partial charge is 0.268 e. The fraction of sp³-hybridized carbons (Fsp3) is 0. The molecule has 0 aliphatic carbocycles. The van der Waals surface area contributed by atoms with Crippen molar-refractivity contribution in [2.45, 2.75) is 0 Å². The fourth-order valence-corrected chi connectivity index (χ4v) is 1.16. The summed E-state index contributed by atoms with van der Waals surface area (Å²) in [6, 6.07) is 11.6. The molecule has 0 saturated carbocycles. The number of rotatable bonds is 2. The van der Waals surface area contributed by atoms with Gasteiger partial charge in [-0.25, -0.2) is 5.10 Å². The van der Waals surface area contributed by atoms with Gasteiger partial charge in [-0.05, 0) is 5.56 Å². The summed E-state index contributed by atoms with van der Waals surface area (Å²) < 4.78 is 0. The van der Waals surface area contributed by atoms with Crippen molar-refractivity contribution in [2.24, 2.45) is 5.10 Å². The monoisotopic (exact) mass is 215 g/mol. The molecule has 0 aliphatic heterocycles. The Morgan fingerprint density at radius 2 is 1.81 bits per heavy atom. The first-order chi connectivity index (χ1) is 7.75. The lowest BCUT2D eigenvalue weighted by Gasteiger charge is -1.95. The second kappa shape index (κ2) is 4.39. The van der Waals surface area contributed by atoms with Gasteiger partial charge in [0.15, 0.2) is 0 Å². The molecule has 0 aliphatic rings. The highest BCUT2D eigenvalue weighted by Crippen LogP contribution is 1.93. The molecule has 0 unspecified atom stereocenters. The van der Waals surface area contributed by atoms with E-state index in [1.165, 1.54) is 12.3 Å². The standard InChI is InChI=1S/C11H9N3O2/c15-10-6-7-11(16)14(13-10)12-8-9-4-2-1-3-5-9/h1-8H,(H,13,15)/b12-8+. The molecule has 1 aromatic carbocycles. The second-order valence-corrected chi connectivity index (χ2v) is 3.11. The first-order valence-corrected chi connectivity index (χ1v) is 4.67. The summed E-state index contributed by atoms with van der Waals surface area (Å²) in [7, 11) is 0. The Labute approximate surface area is 90.7 Å². The number of benzene rings is 1. The van der Waals surface area contributed by atoms with Crippen LogP contribution in [0.4, 0.5) is 0 Å². The van der Waals surface area contributed by atoms with Gasteiger partial charge in [0.2, 0.25) is 0 Å². The average molecular weight is 215 g/mol. The third-order valence-electron chi connectivity index (χ3n) is 1.92. The Kier molecular flexibility index (Phi) is 2.77. The Bertz CT molecular complexity index is 611. The van der Waals surface area contributed by atoms with E-state index in [0.29, 0.717) is 0 Å². The zero-order valence-electron chi connectivity index (χ0n) is 8.33. The molecular weight excluding hydrogens is 206 g/mol. The number of hydrogen-bond donors (Lipinski definition) is 1. The van der Waals surface area contributed by atoms with Gasteiger partial charge in [-0.15, -0.1) is 4.79 Å². The van der Waals surface area contributed by atoms with Crippen LogP contribution in [0.15, 0.2) is 57.2 Å². The molecule has 0 atom stereocenters. The topological polar surface area (TPSA) is 67.2 Å². The van der Waals surface area contributed by atoms with E-state index in [-0.39, 0.29) is 11.1 Å². The van der Waals surface area contributed by atoms with Crippen molar-refractivity contribution in [1.29, 1.82) is 0 Å². The van der Waals surface area contributed by atoms with Crippen LogP contribution in [0.3, 0.4) is 0 Å². The quantitative estimate of drug-likeness (QED) is 0.737. The lowest BCUT2D eigenvalue weighted by molar-refractivity contribution is 0.674. The molecule has 0 spiro atoms. The summed E-state index contributed by atoms with van der Waals surface area (Å²) >= 11 is 0. The molecule has 0 radical (unpaired) electrons. The lowest BCUT2D eigenvalue weighted by atomic mass is 10.2. The number of hydrogen-bond acceptors (Lipinski definition) is 3. The molecule has 2 aromatic rings. The van der Waals surface area contributed by atoms with Crippen molar-refractivity contribution >= 4 is 6.21 Å². The van der Waals surface area contributed by atoms with Gasteiger partial charge >= 0.3 is 0 Å². The Morgan fingerprint density at radius 3 is 2.56 bits per heavy atom. The van der Waals surface area contributed by atoms with Crippen molar-refractivity contribution < 1.29 is 0 Å². The Balaban J connectivity index is 2.34. The Hall–Kier alpha value is -2.43. The maximum Gasteiger partial charge on any atom is 0.286 e. The van der Waals surface area contributed by atoms with E-state index < -0.39 is 0 Å². The lowest BCUT2D eigenvalue weighted by Crippen LogP contribution is -2.24. The largest absolute Gasteiger partial charge is 0.286 e. The van der Waals surface area contributed by atoms with Gasteiger partial charge in [-0.1, -0.05) is 30.3 Å². The van der Waals surface area contributed by atoms with Crippen molar-refractivity contribution in [3.63, 3.8) is 0 Å². The normalized spacial score (nSPS) is 10.8. The minimum Gasteiger partial charge on any atom is -0.268 e. The summed E-state index contributed by atoms with van der Waals surface area (Å²) in [5.41, 5.74) is 0.0932. The first-order valence-electron chi connectivity index (χ1n) is 4.67. The van der Waals surface area contributed by atoms with Crippen LogP contribution in [-0.2, 0) is 0 Å². The first kappa shape index (κ1) is 10.1. The molecule has 0 bridgehead atoms. The van der Waals surface area contributed by atoms with Crippen LogP contribution in [0.25, 0.3) is 0 Å². The summed E-state index contributed by atoms with van der Waals surface area (Å²) in [6.45, 7) is 0. The van der Waals surface area contributed by atoms with E-state index in [0.717, 1.165) is 16.4 Å². The van der Waals surface area contributed by atoms with Crippen LogP contribution < -0.4 is 11.1 Å². The van der Waals surface area contributed by atoms with E-state index in [1.54, 1.807) is 0 Å². The molecular formula is C11H9N3O2. The third-order valence-corrected chi connectivity index (χ3v) is 1.92. The van der Waals surface area contributed by atoms with Gasteiger partial charge in [0, 0.05) is 12.1 Å². The maximum atomic E-state index is 11.3. The van der Waals surface area contributed by atoms with Crippen LogP contribution in [0.5, 0.6) is 0 Å². The summed E-state index contributed by atoms with van der Waals surface area (Å²) in [4.78, 5) is 23.1. The van der Waals surface area contributed by atoms with E-state index in [9.17, 15) is 9.59 Å². The molecule has 0 amide bonds. The van der Waals surface area contributed by atoms with Gasteiger partial charge in [-0.2, -0.15) is 5.10 Å². The molecule has 0 saturated heterocycles. The third kappa shape index (κ3) is 2.33. The molecule has 5 heteroatoms. The molecule has 5 nitrogen and oxygen atoms in total. The predicted molar refractivity (Wildman–Crippen MR) is 60.8 cm³/mol. The molecule has 16 heavy (non-hydrogen) atoms. The van der Waals surface area contributed by atoms with Gasteiger partial charge in [-0.3, -0.25) is 9.59 Å². The van der Waals surface area contributed by atoms with Gasteiger partial charge in [0.05, 0.1) is 6.21 Å². The van der Waals surface area contributed by atoms with Crippen LogP contribution in [0, 0.1) is 0 Å². The van der Waals surface area contributed by atoms with Crippen LogP contribution in [0.2, 0.25) is 0 Å². The Morgan fingerprint density at radius 1 is 1.06 bits per heavy atom. The molecule has 1 heterocycles. The van der Waals surface area contributed by atoms with Crippen molar-refractivity contribution in [3.05, 3.63) is 68.7 Å². The van der Waals surface area contributed by atoms with Crippen molar-refractivity contribution in [2.75, 3.05) is 0 Å². The second-order valence-electron chi connectivity index (χ2n) is 3.11. The minimum atomic E-state index is -0.383. The highest BCUT2D eigenvalue weighted by atomic mass is 16.2. The SMILES string of the molecule is O=c1ccc(=O)n(/N=C/c2ccccc2)[nH]1. The summed E-state index contributed by atoms with van der Waals surface area (Å²) in [5, 5.41) is 6.16. The summed E-state index contributed by atoms with van der Waals surface area (Å²) in [6.07, 6.45) is 1.50. The number of H-pyrrole nitrogens is 1. The summed E-state index contributed by atoms with van der Waals surface area (Å²) in [5.74, 6) is 0. The van der Waals surface area contributed by atoms with Crippen LogP contribution >= 0.6 is 0 Å². The average Bonchev–Trinajstić information content (AvgIpc) is 2.32. The minimum absolute atomic E-state index is 0.371. The van der Waals surface area contributed by atoms with Crippen molar-refractivity contribution in [3.8, 4) is 0 Å².